The zero-order valence-corrected chi connectivity index (χ0v) is 13.0. The molecule has 2 saturated heterocycles. The third-order valence-electron chi connectivity index (χ3n) is 4.42. The van der Waals surface area contributed by atoms with Crippen LogP contribution in [0.15, 0.2) is 54.6 Å². The van der Waals surface area contributed by atoms with Gasteiger partial charge in [-0.1, -0.05) is 30.3 Å². The Morgan fingerprint density at radius 1 is 1.00 bits per heavy atom. The minimum absolute atomic E-state index is 0.302. The van der Waals surface area contributed by atoms with Gasteiger partial charge in [-0.05, 0) is 29.8 Å². The lowest BCUT2D eigenvalue weighted by Gasteiger charge is -2.27. The number of benzene rings is 2. The number of hydrogen-bond donors (Lipinski definition) is 1. The van der Waals surface area contributed by atoms with Crippen molar-refractivity contribution < 1.29 is 19.2 Å². The van der Waals surface area contributed by atoms with Gasteiger partial charge < -0.3 is 4.74 Å². The summed E-state index contributed by atoms with van der Waals surface area (Å²) in [6.07, 6.45) is -0.801. The summed E-state index contributed by atoms with van der Waals surface area (Å²) < 4.78 is 5.19. The van der Waals surface area contributed by atoms with E-state index in [4.69, 9.17) is 9.57 Å². The third kappa shape index (κ3) is 2.23. The second kappa shape index (κ2) is 5.65. The van der Waals surface area contributed by atoms with E-state index < -0.39 is 12.0 Å². The first kappa shape index (κ1) is 14.7. The number of nitrogens with one attached hydrogen (secondary N) is 1. The van der Waals surface area contributed by atoms with E-state index in [1.54, 1.807) is 12.2 Å². The SMILES string of the molecule is COc1ccc(C2C3C(=O)NC(=O)C3ON2c2ccccc2)cc1. The van der Waals surface area contributed by atoms with Crippen molar-refractivity contribution in [3.63, 3.8) is 0 Å². The Bertz CT molecular complexity index is 775. The Balaban J connectivity index is 1.78. The molecule has 3 atom stereocenters. The lowest BCUT2D eigenvalue weighted by molar-refractivity contribution is -0.129. The van der Waals surface area contributed by atoms with Crippen LogP contribution in [0.4, 0.5) is 5.69 Å². The number of methoxy groups -OCH3 is 1. The molecule has 0 aromatic heterocycles. The molecule has 1 N–H and O–H groups in total. The van der Waals surface area contributed by atoms with Crippen LogP contribution >= 0.6 is 0 Å². The van der Waals surface area contributed by atoms with Crippen molar-refractivity contribution in [3.05, 3.63) is 60.2 Å². The smallest absolute Gasteiger partial charge is 0.259 e. The fourth-order valence-electron chi connectivity index (χ4n) is 3.27. The maximum Gasteiger partial charge on any atom is 0.259 e. The number of ether oxygens (including phenoxy) is 1. The van der Waals surface area contributed by atoms with Gasteiger partial charge in [0.05, 0.1) is 18.8 Å². The van der Waals surface area contributed by atoms with Crippen molar-refractivity contribution in [2.24, 2.45) is 5.92 Å². The van der Waals surface area contributed by atoms with Crippen LogP contribution in [0, 0.1) is 5.92 Å². The van der Waals surface area contributed by atoms with E-state index in [0.29, 0.717) is 0 Å². The van der Waals surface area contributed by atoms with Gasteiger partial charge >= 0.3 is 0 Å². The second-order valence-electron chi connectivity index (χ2n) is 5.78. The number of anilines is 1. The number of nitrogens with zero attached hydrogens (tertiary/aromatic N) is 1. The van der Waals surface area contributed by atoms with Gasteiger partial charge in [0.2, 0.25) is 5.91 Å². The molecule has 4 rings (SSSR count). The summed E-state index contributed by atoms with van der Waals surface area (Å²) in [5.74, 6) is -0.537. The van der Waals surface area contributed by atoms with Crippen LogP contribution in [0.1, 0.15) is 11.6 Å². The molecular weight excluding hydrogens is 308 g/mol. The standard InChI is InChI=1S/C18H16N2O4/c1-23-13-9-7-11(8-10-13)15-14-16(18(22)19-17(14)21)24-20(15)12-5-3-2-4-6-12/h2-10,14-16H,1H3,(H,19,21,22). The van der Waals surface area contributed by atoms with E-state index in [9.17, 15) is 9.59 Å². The molecule has 0 aliphatic carbocycles. The van der Waals surface area contributed by atoms with Crippen LogP contribution in [0.3, 0.4) is 0 Å². The van der Waals surface area contributed by atoms with Crippen molar-refractivity contribution in [2.45, 2.75) is 12.1 Å². The number of hydroxylamine groups is 1. The van der Waals surface area contributed by atoms with Crippen molar-refractivity contribution in [2.75, 3.05) is 12.2 Å². The Morgan fingerprint density at radius 2 is 1.71 bits per heavy atom. The first-order valence-corrected chi connectivity index (χ1v) is 7.69. The molecular formula is C18H16N2O4. The quantitative estimate of drug-likeness (QED) is 0.873. The van der Waals surface area contributed by atoms with E-state index in [-0.39, 0.29) is 17.9 Å². The van der Waals surface area contributed by atoms with Crippen LogP contribution in [0.5, 0.6) is 5.75 Å². The van der Waals surface area contributed by atoms with Crippen molar-refractivity contribution in [3.8, 4) is 5.75 Å². The highest BCUT2D eigenvalue weighted by Crippen LogP contribution is 2.44. The van der Waals surface area contributed by atoms with Gasteiger partial charge in [0.1, 0.15) is 11.7 Å². The summed E-state index contributed by atoms with van der Waals surface area (Å²) in [6, 6.07) is 16.5. The predicted octanol–water partition coefficient (Wildman–Crippen LogP) is 1.83. The molecule has 24 heavy (non-hydrogen) atoms. The maximum atomic E-state index is 12.3. The van der Waals surface area contributed by atoms with Gasteiger partial charge in [-0.2, -0.15) is 0 Å². The molecule has 2 aromatic carbocycles. The van der Waals surface area contributed by atoms with E-state index in [0.717, 1.165) is 17.0 Å². The monoisotopic (exact) mass is 324 g/mol. The molecule has 2 aliphatic rings. The van der Waals surface area contributed by atoms with Crippen LogP contribution in [-0.2, 0) is 14.4 Å². The summed E-state index contributed by atoms with van der Waals surface area (Å²) in [7, 11) is 1.60. The fraction of sp³-hybridized carbons (Fsp3) is 0.222. The van der Waals surface area contributed by atoms with E-state index in [2.05, 4.69) is 5.32 Å². The number of fused-ring (bicyclic) bond motifs is 1. The van der Waals surface area contributed by atoms with Gasteiger partial charge in [-0.15, -0.1) is 0 Å². The average Bonchev–Trinajstić information content (AvgIpc) is 3.14. The molecule has 2 fully saturated rings. The molecule has 2 aliphatic heterocycles. The van der Waals surface area contributed by atoms with Gasteiger partial charge in [0, 0.05) is 0 Å². The lowest BCUT2D eigenvalue weighted by atomic mass is 9.90. The molecule has 2 heterocycles. The van der Waals surface area contributed by atoms with Crippen LogP contribution in [-0.4, -0.2) is 25.0 Å². The number of carbonyl (C=O) groups excluding carboxylic acids is 2. The highest BCUT2D eigenvalue weighted by atomic mass is 16.7. The largest absolute Gasteiger partial charge is 0.497 e. The molecule has 122 valence electrons. The van der Waals surface area contributed by atoms with Crippen molar-refractivity contribution in [1.82, 2.24) is 5.32 Å². The topological polar surface area (TPSA) is 67.9 Å². The summed E-state index contributed by atoms with van der Waals surface area (Å²) in [4.78, 5) is 30.2. The Kier molecular flexibility index (Phi) is 3.46. The number of carbonyl (C=O) groups is 2. The maximum absolute atomic E-state index is 12.3. The Labute approximate surface area is 138 Å². The van der Waals surface area contributed by atoms with Crippen molar-refractivity contribution in [1.29, 1.82) is 0 Å². The molecule has 6 heteroatoms. The van der Waals surface area contributed by atoms with E-state index in [1.807, 2.05) is 54.6 Å². The highest BCUT2D eigenvalue weighted by Gasteiger charge is 2.56. The first-order valence-electron chi connectivity index (χ1n) is 7.69. The summed E-state index contributed by atoms with van der Waals surface area (Å²) in [5, 5.41) is 4.02. The lowest BCUT2D eigenvalue weighted by Crippen LogP contribution is -2.33. The minimum atomic E-state index is -0.801. The normalized spacial score (nSPS) is 25.5. The average molecular weight is 324 g/mol. The summed E-state index contributed by atoms with van der Waals surface area (Å²) in [5.41, 5.74) is 1.69. The van der Waals surface area contributed by atoms with E-state index >= 15 is 0 Å². The number of rotatable bonds is 3. The highest BCUT2D eigenvalue weighted by molar-refractivity contribution is 6.07. The first-order chi connectivity index (χ1) is 11.7. The predicted molar refractivity (Wildman–Crippen MR) is 86.2 cm³/mol. The Hall–Kier alpha value is -2.86. The molecule has 3 unspecified atom stereocenters. The molecule has 2 amide bonds. The van der Waals surface area contributed by atoms with E-state index in [1.165, 1.54) is 0 Å². The number of para-hydroxylation sites is 1. The van der Waals surface area contributed by atoms with Crippen LogP contribution in [0.25, 0.3) is 0 Å². The summed E-state index contributed by atoms with van der Waals surface area (Å²) in [6.45, 7) is 0. The second-order valence-corrected chi connectivity index (χ2v) is 5.78. The van der Waals surface area contributed by atoms with Crippen molar-refractivity contribution >= 4 is 17.5 Å². The fourth-order valence-corrected chi connectivity index (χ4v) is 3.27. The van der Waals surface area contributed by atoms with Crippen LogP contribution in [0.2, 0.25) is 0 Å². The molecule has 0 radical (unpaired) electrons. The number of hydrogen-bond acceptors (Lipinski definition) is 5. The molecule has 0 spiro atoms. The summed E-state index contributed by atoms with van der Waals surface area (Å²) >= 11 is 0. The Morgan fingerprint density at radius 3 is 2.38 bits per heavy atom. The molecule has 6 nitrogen and oxygen atoms in total. The third-order valence-corrected chi connectivity index (χ3v) is 4.42. The van der Waals surface area contributed by atoms with Gasteiger partial charge in [0.15, 0.2) is 6.10 Å². The molecule has 0 saturated carbocycles. The molecule has 0 bridgehead atoms. The number of imide groups is 1. The van der Waals surface area contributed by atoms with Gasteiger partial charge in [0.25, 0.3) is 5.91 Å². The van der Waals surface area contributed by atoms with Gasteiger partial charge in [-0.25, -0.2) is 5.06 Å². The zero-order chi connectivity index (χ0) is 16.7. The zero-order valence-electron chi connectivity index (χ0n) is 13.0. The molecule has 2 aromatic rings. The van der Waals surface area contributed by atoms with Crippen LogP contribution < -0.4 is 15.1 Å². The van der Waals surface area contributed by atoms with Gasteiger partial charge in [-0.3, -0.25) is 19.7 Å². The minimum Gasteiger partial charge on any atom is -0.497 e. The number of amides is 2.